The Kier molecular flexibility index (Phi) is 6.78. The molecule has 0 bridgehead atoms. The Bertz CT molecular complexity index is 1150. The lowest BCUT2D eigenvalue weighted by atomic mass is 10.1. The molecule has 0 aliphatic carbocycles. The summed E-state index contributed by atoms with van der Waals surface area (Å²) in [6, 6.07) is 12.3. The van der Waals surface area contributed by atoms with Gasteiger partial charge in [-0.1, -0.05) is 18.2 Å². The first-order valence-electron chi connectivity index (χ1n) is 9.69. The van der Waals surface area contributed by atoms with Crippen LogP contribution in [0, 0.1) is 13.8 Å². The summed E-state index contributed by atoms with van der Waals surface area (Å²) in [5.74, 6) is -1.46. The van der Waals surface area contributed by atoms with Gasteiger partial charge in [0.1, 0.15) is 0 Å². The van der Waals surface area contributed by atoms with Crippen LogP contribution in [0.2, 0.25) is 0 Å². The number of rotatable bonds is 6. The Morgan fingerprint density at radius 2 is 1.75 bits per heavy atom. The molecule has 0 unspecified atom stereocenters. The fraction of sp³-hybridized carbons (Fsp3) is 0.261. The van der Waals surface area contributed by atoms with Crippen LogP contribution in [0.1, 0.15) is 32.9 Å². The van der Waals surface area contributed by atoms with Gasteiger partial charge in [0, 0.05) is 18.5 Å². The highest BCUT2D eigenvalue weighted by Crippen LogP contribution is 2.31. The van der Waals surface area contributed by atoms with E-state index in [2.05, 4.69) is 5.10 Å². The van der Waals surface area contributed by atoms with Crippen LogP contribution in [0.3, 0.4) is 0 Å². The maximum Gasteiger partial charge on any atom is 0.416 e. The molecule has 0 aliphatic rings. The number of carbonyl (C=O) groups excluding carboxylic acids is 2. The highest BCUT2D eigenvalue weighted by Gasteiger charge is 2.31. The molecule has 0 fully saturated rings. The lowest BCUT2D eigenvalue weighted by Crippen LogP contribution is -2.33. The van der Waals surface area contributed by atoms with Gasteiger partial charge >= 0.3 is 6.18 Å². The number of likely N-dealkylation sites (N-methyl/N-ethyl adjacent to an activating group) is 1. The topological polar surface area (TPSA) is 55.2 Å². The Balaban J connectivity index is 1.85. The summed E-state index contributed by atoms with van der Waals surface area (Å²) in [6.07, 6.45) is -2.54. The molecule has 2 aromatic carbocycles. The van der Waals surface area contributed by atoms with Gasteiger partial charge in [-0.3, -0.25) is 9.59 Å². The van der Waals surface area contributed by atoms with E-state index >= 15 is 0 Å². The minimum Gasteiger partial charge on any atom is -0.335 e. The molecule has 1 aromatic heterocycles. The van der Waals surface area contributed by atoms with E-state index in [1.165, 1.54) is 28.8 Å². The number of ketones is 1. The Labute approximate surface area is 188 Å². The van der Waals surface area contributed by atoms with Crippen LogP contribution >= 0.6 is 11.8 Å². The summed E-state index contributed by atoms with van der Waals surface area (Å²) in [4.78, 5) is 28.2. The van der Waals surface area contributed by atoms with Crippen LogP contribution in [0.4, 0.5) is 13.2 Å². The standard InChI is InChI=1S/C23H22F3N3O2S/c1-14-20(15(2)29(27-14)18-7-5-6-17(12-18)23(24,25)26)21(30)22(31)28(3)13-16-8-10-19(32-4)11-9-16/h5-12H,13H2,1-4H3. The lowest BCUT2D eigenvalue weighted by molar-refractivity contribution is -0.137. The molecule has 0 radical (unpaired) electrons. The molecule has 168 valence electrons. The number of halogens is 3. The number of nitrogens with zero attached hydrogens (tertiary/aromatic N) is 3. The zero-order valence-electron chi connectivity index (χ0n) is 18.0. The molecule has 3 aromatic rings. The van der Waals surface area contributed by atoms with Crippen LogP contribution in [-0.2, 0) is 17.5 Å². The van der Waals surface area contributed by atoms with Crippen molar-refractivity contribution in [2.45, 2.75) is 31.5 Å². The van der Waals surface area contributed by atoms with Gasteiger partial charge in [-0.15, -0.1) is 11.8 Å². The molecule has 1 amide bonds. The Morgan fingerprint density at radius 1 is 1.09 bits per heavy atom. The highest BCUT2D eigenvalue weighted by atomic mass is 32.2. The molecule has 32 heavy (non-hydrogen) atoms. The first-order chi connectivity index (χ1) is 15.0. The van der Waals surface area contributed by atoms with E-state index in [1.807, 2.05) is 30.5 Å². The molecule has 0 aliphatic heterocycles. The van der Waals surface area contributed by atoms with Gasteiger partial charge in [0.15, 0.2) is 0 Å². The number of hydrogen-bond acceptors (Lipinski definition) is 4. The van der Waals surface area contributed by atoms with Crippen molar-refractivity contribution in [2.75, 3.05) is 13.3 Å². The molecule has 0 spiro atoms. The number of Topliss-reactive ketones (excluding diaryl/α,β-unsaturated/α-hetero) is 1. The van der Waals surface area contributed by atoms with Crippen molar-refractivity contribution in [3.63, 3.8) is 0 Å². The summed E-state index contributed by atoms with van der Waals surface area (Å²) in [5.41, 5.74) is 0.887. The molecular formula is C23H22F3N3O2S. The third-order valence-electron chi connectivity index (χ3n) is 5.06. The number of hydrogen-bond donors (Lipinski definition) is 0. The second-order valence-electron chi connectivity index (χ2n) is 7.34. The van der Waals surface area contributed by atoms with E-state index in [9.17, 15) is 22.8 Å². The van der Waals surface area contributed by atoms with Crippen molar-refractivity contribution in [3.05, 3.63) is 76.6 Å². The van der Waals surface area contributed by atoms with Gasteiger partial charge in [0.25, 0.3) is 11.7 Å². The highest BCUT2D eigenvalue weighted by molar-refractivity contribution is 7.98. The predicted octanol–water partition coefficient (Wildman–Crippen LogP) is 5.07. The normalized spacial score (nSPS) is 11.5. The number of aryl methyl sites for hydroxylation is 1. The van der Waals surface area contributed by atoms with Gasteiger partial charge < -0.3 is 4.90 Å². The fourth-order valence-electron chi connectivity index (χ4n) is 3.39. The molecule has 9 heteroatoms. The van der Waals surface area contributed by atoms with Crippen molar-refractivity contribution >= 4 is 23.5 Å². The van der Waals surface area contributed by atoms with Gasteiger partial charge in [-0.2, -0.15) is 18.3 Å². The predicted molar refractivity (Wildman–Crippen MR) is 117 cm³/mol. The maximum atomic E-state index is 13.1. The number of carbonyl (C=O) groups is 2. The second kappa shape index (κ2) is 9.20. The average molecular weight is 462 g/mol. The van der Waals surface area contributed by atoms with Gasteiger partial charge in [-0.25, -0.2) is 4.68 Å². The summed E-state index contributed by atoms with van der Waals surface area (Å²) in [5, 5.41) is 4.22. The van der Waals surface area contributed by atoms with Crippen LogP contribution in [0.25, 0.3) is 5.69 Å². The lowest BCUT2D eigenvalue weighted by Gasteiger charge is -2.17. The van der Waals surface area contributed by atoms with E-state index in [-0.39, 0.29) is 23.5 Å². The quantitative estimate of drug-likeness (QED) is 0.292. The smallest absolute Gasteiger partial charge is 0.335 e. The van der Waals surface area contributed by atoms with Crippen molar-refractivity contribution in [1.29, 1.82) is 0 Å². The average Bonchev–Trinajstić information content (AvgIpc) is 3.06. The Hall–Kier alpha value is -3.07. The van der Waals surface area contributed by atoms with Crippen molar-refractivity contribution in [3.8, 4) is 5.69 Å². The minimum atomic E-state index is -4.50. The van der Waals surface area contributed by atoms with E-state index in [0.29, 0.717) is 5.69 Å². The number of amides is 1. The van der Waals surface area contributed by atoms with Crippen molar-refractivity contribution in [2.24, 2.45) is 0 Å². The molecular weight excluding hydrogens is 439 g/mol. The molecule has 0 saturated heterocycles. The maximum absolute atomic E-state index is 13.1. The molecule has 1 heterocycles. The zero-order valence-corrected chi connectivity index (χ0v) is 18.8. The number of thioether (sulfide) groups is 1. The third kappa shape index (κ3) is 4.88. The van der Waals surface area contributed by atoms with Crippen LogP contribution in [-0.4, -0.2) is 39.7 Å². The van der Waals surface area contributed by atoms with Crippen LogP contribution < -0.4 is 0 Å². The van der Waals surface area contributed by atoms with Gasteiger partial charge in [0.2, 0.25) is 0 Å². The molecule has 0 saturated carbocycles. The first-order valence-corrected chi connectivity index (χ1v) is 10.9. The number of benzene rings is 2. The fourth-order valence-corrected chi connectivity index (χ4v) is 3.80. The first kappa shape index (κ1) is 23.6. The van der Waals surface area contributed by atoms with Crippen LogP contribution in [0.15, 0.2) is 53.4 Å². The summed E-state index contributed by atoms with van der Waals surface area (Å²) < 4.78 is 40.5. The monoisotopic (exact) mass is 461 g/mol. The van der Waals surface area contributed by atoms with E-state index in [0.717, 1.165) is 22.6 Å². The molecule has 0 N–H and O–H groups in total. The molecule has 5 nitrogen and oxygen atoms in total. The van der Waals surface area contributed by atoms with Gasteiger partial charge in [0.05, 0.1) is 28.2 Å². The van der Waals surface area contributed by atoms with E-state index < -0.39 is 23.4 Å². The minimum absolute atomic E-state index is 0.0944. The van der Waals surface area contributed by atoms with E-state index in [4.69, 9.17) is 0 Å². The van der Waals surface area contributed by atoms with Gasteiger partial charge in [-0.05, 0) is 56.0 Å². The zero-order chi connectivity index (χ0) is 23.6. The van der Waals surface area contributed by atoms with E-state index in [1.54, 1.807) is 25.6 Å². The number of aromatic nitrogens is 2. The van der Waals surface area contributed by atoms with Crippen molar-refractivity contribution < 1.29 is 22.8 Å². The summed E-state index contributed by atoms with van der Waals surface area (Å²) >= 11 is 1.60. The second-order valence-corrected chi connectivity index (χ2v) is 8.22. The summed E-state index contributed by atoms with van der Waals surface area (Å²) in [6.45, 7) is 3.36. The largest absolute Gasteiger partial charge is 0.416 e. The summed E-state index contributed by atoms with van der Waals surface area (Å²) in [7, 11) is 1.53. The number of alkyl halides is 3. The van der Waals surface area contributed by atoms with Crippen molar-refractivity contribution in [1.82, 2.24) is 14.7 Å². The SMILES string of the molecule is CSc1ccc(CN(C)C(=O)C(=O)c2c(C)nn(-c3cccc(C(F)(F)F)c3)c2C)cc1. The Morgan fingerprint density at radius 3 is 2.34 bits per heavy atom. The molecule has 3 rings (SSSR count). The third-order valence-corrected chi connectivity index (χ3v) is 5.80. The molecule has 0 atom stereocenters. The van der Waals surface area contributed by atoms with Crippen LogP contribution in [0.5, 0.6) is 0 Å².